The predicted molar refractivity (Wildman–Crippen MR) is 110 cm³/mol. The number of hydrogen-bond donors (Lipinski definition) is 2. The van der Waals surface area contributed by atoms with E-state index in [2.05, 4.69) is 20.3 Å². The van der Waals surface area contributed by atoms with Crippen molar-refractivity contribution in [1.29, 1.82) is 5.41 Å². The van der Waals surface area contributed by atoms with Crippen LogP contribution >= 0.6 is 0 Å². The lowest BCUT2D eigenvalue weighted by atomic mass is 10.1. The van der Waals surface area contributed by atoms with Crippen molar-refractivity contribution in [2.45, 2.75) is 18.8 Å². The van der Waals surface area contributed by atoms with Crippen molar-refractivity contribution in [3.63, 3.8) is 0 Å². The summed E-state index contributed by atoms with van der Waals surface area (Å²) in [6, 6.07) is 8.54. The van der Waals surface area contributed by atoms with Crippen molar-refractivity contribution < 1.29 is 13.6 Å². The molecule has 3 aromatic rings. The molecule has 0 spiro atoms. The summed E-state index contributed by atoms with van der Waals surface area (Å²) in [6.45, 7) is 0.0629. The zero-order valence-electron chi connectivity index (χ0n) is 16.3. The zero-order valence-corrected chi connectivity index (χ0v) is 16.3. The molecule has 3 heterocycles. The number of piperidine rings is 1. The third-order valence-corrected chi connectivity index (χ3v) is 5.16. The number of fused-ring (bicyclic) bond motifs is 1. The number of amides is 1. The van der Waals surface area contributed by atoms with Crippen LogP contribution in [0.1, 0.15) is 28.9 Å². The number of nitrogens with zero attached hydrogens (tertiary/aromatic N) is 4. The van der Waals surface area contributed by atoms with Gasteiger partial charge in [-0.1, -0.05) is 0 Å². The summed E-state index contributed by atoms with van der Waals surface area (Å²) in [5.41, 5.74) is 3.77. The van der Waals surface area contributed by atoms with Gasteiger partial charge < -0.3 is 15.6 Å². The van der Waals surface area contributed by atoms with Gasteiger partial charge in [-0.25, -0.2) is 18.7 Å². The van der Waals surface area contributed by atoms with Gasteiger partial charge in [-0.05, 0) is 30.3 Å². The Morgan fingerprint density at radius 1 is 1.13 bits per heavy atom. The molecule has 2 aromatic heterocycles. The molecular weight excluding hydrogens is 390 g/mol. The number of anilines is 1. The fourth-order valence-corrected chi connectivity index (χ4v) is 3.43. The Kier molecular flexibility index (Phi) is 5.11. The Bertz CT molecular complexity index is 1120. The fraction of sp³-hybridized carbons (Fsp3) is 0.286. The van der Waals surface area contributed by atoms with Gasteiger partial charge in [0.25, 0.3) is 11.8 Å². The van der Waals surface area contributed by atoms with E-state index in [1.807, 2.05) is 0 Å². The lowest BCUT2D eigenvalue weighted by Crippen LogP contribution is -2.42. The van der Waals surface area contributed by atoms with E-state index < -0.39 is 5.92 Å². The highest BCUT2D eigenvalue weighted by Crippen LogP contribution is 2.29. The molecule has 9 heteroatoms. The van der Waals surface area contributed by atoms with E-state index >= 15 is 0 Å². The van der Waals surface area contributed by atoms with Crippen molar-refractivity contribution >= 4 is 28.8 Å². The van der Waals surface area contributed by atoms with Crippen LogP contribution in [0.5, 0.6) is 0 Å². The number of carbonyl (C=O) groups is 1. The van der Waals surface area contributed by atoms with Crippen molar-refractivity contribution in [3.05, 3.63) is 47.8 Å². The topological polar surface area (TPSA) is 94.9 Å². The first kappa shape index (κ1) is 19.8. The summed E-state index contributed by atoms with van der Waals surface area (Å²) in [5, 5.41) is 10.5. The molecule has 1 saturated heterocycles. The predicted octanol–water partition coefficient (Wildman–Crippen LogP) is 3.60. The highest BCUT2D eigenvalue weighted by molar-refractivity contribution is 5.97. The van der Waals surface area contributed by atoms with Gasteiger partial charge in [0, 0.05) is 44.8 Å². The summed E-state index contributed by atoms with van der Waals surface area (Å²) in [7, 11) is 1.75. The number of benzene rings is 1. The first-order valence-corrected chi connectivity index (χ1v) is 9.54. The fourth-order valence-electron chi connectivity index (χ4n) is 3.43. The Morgan fingerprint density at radius 2 is 1.90 bits per heavy atom. The van der Waals surface area contributed by atoms with Crippen molar-refractivity contribution in [2.75, 3.05) is 25.5 Å². The summed E-state index contributed by atoms with van der Waals surface area (Å²) in [4.78, 5) is 27.6. The molecule has 1 fully saturated rings. The molecule has 1 aliphatic heterocycles. The molecule has 7 nitrogen and oxygen atoms in total. The Hall–Kier alpha value is -3.49. The van der Waals surface area contributed by atoms with Crippen LogP contribution in [0.2, 0.25) is 0 Å². The van der Waals surface area contributed by atoms with Crippen LogP contribution < -0.4 is 5.32 Å². The molecule has 4 rings (SSSR count). The molecule has 2 N–H and O–H groups in total. The van der Waals surface area contributed by atoms with Crippen LogP contribution in [-0.4, -0.2) is 58.0 Å². The van der Waals surface area contributed by atoms with Gasteiger partial charge in [0.05, 0.1) is 28.6 Å². The van der Waals surface area contributed by atoms with E-state index in [9.17, 15) is 13.6 Å². The lowest BCUT2D eigenvalue weighted by Gasteiger charge is -2.31. The number of rotatable bonds is 4. The summed E-state index contributed by atoms with van der Waals surface area (Å²) < 4.78 is 26.8. The minimum absolute atomic E-state index is 0.0315. The van der Waals surface area contributed by atoms with Crippen LogP contribution in [0.15, 0.2) is 36.5 Å². The molecule has 1 amide bonds. The number of halogens is 2. The third kappa shape index (κ3) is 3.83. The first-order valence-electron chi connectivity index (χ1n) is 9.54. The Morgan fingerprint density at radius 3 is 2.60 bits per heavy atom. The second-order valence-electron chi connectivity index (χ2n) is 7.13. The molecule has 1 aliphatic rings. The van der Waals surface area contributed by atoms with Crippen molar-refractivity contribution in [1.82, 2.24) is 19.9 Å². The monoisotopic (exact) mass is 410 g/mol. The Labute approximate surface area is 171 Å². The number of carbonyl (C=O) groups excluding carboxylic acids is 1. The molecule has 30 heavy (non-hydrogen) atoms. The van der Waals surface area contributed by atoms with Crippen molar-refractivity contribution in [3.8, 4) is 11.4 Å². The van der Waals surface area contributed by atoms with Gasteiger partial charge in [0.1, 0.15) is 11.4 Å². The third-order valence-electron chi connectivity index (χ3n) is 5.16. The maximum Gasteiger partial charge on any atom is 0.253 e. The highest BCUT2D eigenvalue weighted by Gasteiger charge is 2.35. The van der Waals surface area contributed by atoms with Gasteiger partial charge in [-0.15, -0.1) is 0 Å². The molecule has 0 bridgehead atoms. The van der Waals surface area contributed by atoms with Crippen molar-refractivity contribution in [2.24, 2.45) is 0 Å². The normalized spacial score (nSPS) is 15.8. The maximum atomic E-state index is 13.4. The van der Waals surface area contributed by atoms with Crippen LogP contribution in [0.3, 0.4) is 0 Å². The van der Waals surface area contributed by atoms with E-state index in [-0.39, 0.29) is 31.8 Å². The van der Waals surface area contributed by atoms with Crippen LogP contribution in [-0.2, 0) is 0 Å². The van der Waals surface area contributed by atoms with E-state index in [0.29, 0.717) is 33.7 Å². The zero-order chi connectivity index (χ0) is 21.3. The van der Waals surface area contributed by atoms with E-state index in [4.69, 9.17) is 5.41 Å². The van der Waals surface area contributed by atoms with Crippen LogP contribution in [0.4, 0.5) is 14.5 Å². The quantitative estimate of drug-likeness (QED) is 0.641. The van der Waals surface area contributed by atoms with Crippen LogP contribution in [0, 0.1) is 5.41 Å². The minimum Gasteiger partial charge on any atom is -0.386 e. The first-order chi connectivity index (χ1) is 14.4. The number of pyridine rings is 1. The molecule has 0 atom stereocenters. The average Bonchev–Trinajstić information content (AvgIpc) is 2.77. The molecule has 0 aliphatic carbocycles. The van der Waals surface area contributed by atoms with E-state index in [1.165, 1.54) is 4.90 Å². The largest absolute Gasteiger partial charge is 0.386 e. The van der Waals surface area contributed by atoms with Gasteiger partial charge in [-0.3, -0.25) is 9.78 Å². The number of hydrogen-bond acceptors (Lipinski definition) is 6. The average molecular weight is 410 g/mol. The standard InChI is InChI=1S/C21H20F2N6O/c1-25-14-4-5-16(27-18(14)11-24)19-12-26-15-3-2-13(10-17(15)28-19)20(30)29-8-6-21(22,23)7-9-29/h2-5,10-12,24-25H,6-9H2,1H3. The molecule has 0 unspecified atom stereocenters. The van der Waals surface area contributed by atoms with Gasteiger partial charge in [0.2, 0.25) is 0 Å². The van der Waals surface area contributed by atoms with E-state index in [0.717, 1.165) is 11.9 Å². The minimum atomic E-state index is -2.70. The number of likely N-dealkylation sites (tertiary alicyclic amines) is 1. The summed E-state index contributed by atoms with van der Waals surface area (Å²) >= 11 is 0. The smallest absolute Gasteiger partial charge is 0.253 e. The number of aromatic nitrogens is 3. The lowest BCUT2D eigenvalue weighted by molar-refractivity contribution is -0.0494. The highest BCUT2D eigenvalue weighted by atomic mass is 19.3. The summed E-state index contributed by atoms with van der Waals surface area (Å²) in [5.74, 6) is -2.99. The molecule has 0 radical (unpaired) electrons. The van der Waals surface area contributed by atoms with E-state index in [1.54, 1.807) is 43.6 Å². The van der Waals surface area contributed by atoms with Crippen LogP contribution in [0.25, 0.3) is 22.4 Å². The molecular formula is C21H20F2N6O. The number of alkyl halides is 2. The van der Waals surface area contributed by atoms with Gasteiger partial charge in [0.15, 0.2) is 0 Å². The number of nitrogens with one attached hydrogen (secondary N) is 2. The molecule has 0 saturated carbocycles. The molecule has 154 valence electrons. The second kappa shape index (κ2) is 7.74. The summed E-state index contributed by atoms with van der Waals surface area (Å²) in [6.07, 6.45) is 2.11. The van der Waals surface area contributed by atoms with Gasteiger partial charge >= 0.3 is 0 Å². The maximum absolute atomic E-state index is 13.4. The SMILES string of the molecule is CNc1ccc(-c2cnc3ccc(C(=O)N4CCC(F)(F)CC4)cc3n2)nc1C=N. The van der Waals surface area contributed by atoms with Gasteiger partial charge in [-0.2, -0.15) is 0 Å². The second-order valence-corrected chi connectivity index (χ2v) is 7.13. The Balaban J connectivity index is 1.65. The molecule has 1 aromatic carbocycles.